The number of nitrogens with one attached hydrogen (secondary N) is 1. The Bertz CT molecular complexity index is 2030. The van der Waals surface area contributed by atoms with Crippen LogP contribution < -0.4 is 14.4 Å². The number of piperazine rings is 1. The van der Waals surface area contributed by atoms with E-state index in [2.05, 4.69) is 25.2 Å². The predicted octanol–water partition coefficient (Wildman–Crippen LogP) is 5.04. The van der Waals surface area contributed by atoms with E-state index >= 15 is 4.39 Å². The van der Waals surface area contributed by atoms with Gasteiger partial charge in [-0.2, -0.15) is 0 Å². The summed E-state index contributed by atoms with van der Waals surface area (Å²) in [6.07, 6.45) is 9.47. The molecule has 13 heteroatoms. The zero-order valence-corrected chi connectivity index (χ0v) is 28.1. The minimum Gasteiger partial charge on any atom is -0.495 e. The quantitative estimate of drug-likeness (QED) is 0.218. The molecule has 50 heavy (non-hydrogen) atoms. The molecule has 5 aromatic rings. The number of carbonyl (C=O) groups is 2. The Hall–Kier alpha value is -5.72. The zero-order chi connectivity index (χ0) is 34.6. The summed E-state index contributed by atoms with van der Waals surface area (Å²) in [6, 6.07) is 13.1. The third kappa shape index (κ3) is 6.50. The molecule has 2 aliphatic rings. The molecule has 0 spiro atoms. The first-order chi connectivity index (χ1) is 24.4. The van der Waals surface area contributed by atoms with Crippen LogP contribution in [0.2, 0.25) is 0 Å². The number of fused-ring (bicyclic) bond motifs is 1. The number of nitrogens with zero attached hydrogens (tertiary/aromatic N) is 7. The number of carbonyl (C=O) groups excluding carboxylic acids is 2. The van der Waals surface area contributed by atoms with Crippen LogP contribution in [0.1, 0.15) is 35.8 Å². The molecule has 0 saturated carbocycles. The lowest BCUT2D eigenvalue weighted by Gasteiger charge is -2.36. The number of anilines is 1. The largest absolute Gasteiger partial charge is 0.495 e. The Balaban J connectivity index is 1.20. The van der Waals surface area contributed by atoms with Crippen molar-refractivity contribution < 1.29 is 23.5 Å². The number of benzene rings is 2. The Kier molecular flexibility index (Phi) is 9.45. The van der Waals surface area contributed by atoms with Crippen LogP contribution in [0.3, 0.4) is 0 Å². The number of aromatic amines is 1. The van der Waals surface area contributed by atoms with Crippen molar-refractivity contribution in [2.24, 2.45) is 0 Å². The van der Waals surface area contributed by atoms with Gasteiger partial charge in [-0.1, -0.05) is 23.4 Å². The van der Waals surface area contributed by atoms with E-state index in [1.807, 2.05) is 37.3 Å². The fraction of sp³-hybridized carbons (Fsp3) is 0.324. The fourth-order valence-corrected chi connectivity index (χ4v) is 6.78. The van der Waals surface area contributed by atoms with Crippen molar-refractivity contribution in [1.82, 2.24) is 34.8 Å². The van der Waals surface area contributed by atoms with Crippen molar-refractivity contribution in [1.29, 1.82) is 0 Å². The van der Waals surface area contributed by atoms with Gasteiger partial charge in [-0.05, 0) is 54.8 Å². The molecule has 0 radical (unpaired) electrons. The lowest BCUT2D eigenvalue weighted by Crippen LogP contribution is -2.49. The number of methoxy groups -OCH3 is 1. The molecule has 2 aliphatic heterocycles. The van der Waals surface area contributed by atoms with E-state index in [9.17, 15) is 9.59 Å². The Morgan fingerprint density at radius 1 is 0.960 bits per heavy atom. The van der Waals surface area contributed by atoms with Gasteiger partial charge >= 0.3 is 0 Å². The first-order valence-corrected chi connectivity index (χ1v) is 16.9. The van der Waals surface area contributed by atoms with E-state index in [-0.39, 0.29) is 30.3 Å². The number of ether oxygens (including phenoxy) is 2. The van der Waals surface area contributed by atoms with Gasteiger partial charge in [-0.3, -0.25) is 19.3 Å². The molecule has 2 amide bonds. The van der Waals surface area contributed by atoms with Gasteiger partial charge in [-0.25, -0.2) is 4.39 Å². The van der Waals surface area contributed by atoms with E-state index in [1.54, 1.807) is 64.6 Å². The van der Waals surface area contributed by atoms with Gasteiger partial charge in [0.15, 0.2) is 5.82 Å². The van der Waals surface area contributed by atoms with Crippen LogP contribution in [0.5, 0.6) is 11.5 Å². The van der Waals surface area contributed by atoms with Gasteiger partial charge in [0.05, 0.1) is 37.7 Å². The number of halogens is 1. The molecule has 0 aliphatic carbocycles. The van der Waals surface area contributed by atoms with E-state index < -0.39 is 5.82 Å². The molecule has 1 N–H and O–H groups in total. The topological polar surface area (TPSA) is 122 Å². The van der Waals surface area contributed by atoms with Crippen molar-refractivity contribution in [2.75, 3.05) is 57.9 Å². The third-order valence-electron chi connectivity index (χ3n) is 9.32. The molecule has 0 bridgehead atoms. The molecule has 5 heterocycles. The highest BCUT2D eigenvalue weighted by Crippen LogP contribution is 2.40. The molecule has 12 nitrogen and oxygen atoms in total. The SMILES string of the molecule is CCOc1ccncc1-c1cc(C2=CCCN(C(=O)CCn3ccnn3)C2)c(F)c2[nH]c(C(=O)N3CCN(c4ccccc4OC)CC3)cc12. The number of aryl methyl sites for hydroxylation is 1. The fourth-order valence-electron chi connectivity index (χ4n) is 6.78. The zero-order valence-electron chi connectivity index (χ0n) is 28.1. The molecule has 0 unspecified atom stereocenters. The number of amides is 2. The summed E-state index contributed by atoms with van der Waals surface area (Å²) in [5, 5.41) is 8.29. The van der Waals surface area contributed by atoms with Crippen LogP contribution in [0, 0.1) is 5.82 Å². The lowest BCUT2D eigenvalue weighted by molar-refractivity contribution is -0.131. The summed E-state index contributed by atoms with van der Waals surface area (Å²) < 4.78 is 29.8. The van der Waals surface area contributed by atoms with Crippen LogP contribution in [0.25, 0.3) is 27.6 Å². The van der Waals surface area contributed by atoms with E-state index in [4.69, 9.17) is 9.47 Å². The van der Waals surface area contributed by atoms with Crippen LogP contribution in [-0.2, 0) is 11.3 Å². The second-order valence-electron chi connectivity index (χ2n) is 12.3. The molecule has 1 saturated heterocycles. The second-order valence-corrected chi connectivity index (χ2v) is 12.3. The maximum absolute atomic E-state index is 16.7. The van der Waals surface area contributed by atoms with Gasteiger partial charge < -0.3 is 29.2 Å². The van der Waals surface area contributed by atoms with Crippen molar-refractivity contribution in [3.05, 3.63) is 90.4 Å². The van der Waals surface area contributed by atoms with Crippen molar-refractivity contribution in [3.63, 3.8) is 0 Å². The van der Waals surface area contributed by atoms with Crippen molar-refractivity contribution in [2.45, 2.75) is 26.3 Å². The van der Waals surface area contributed by atoms with Crippen LogP contribution in [-0.4, -0.2) is 99.6 Å². The summed E-state index contributed by atoms with van der Waals surface area (Å²) in [5.74, 6) is 0.664. The first kappa shape index (κ1) is 32.8. The maximum Gasteiger partial charge on any atom is 0.270 e. The average molecular weight is 679 g/mol. The average Bonchev–Trinajstić information content (AvgIpc) is 3.86. The minimum atomic E-state index is -0.478. The van der Waals surface area contributed by atoms with Crippen LogP contribution >= 0.6 is 0 Å². The summed E-state index contributed by atoms with van der Waals surface area (Å²) in [4.78, 5) is 40.4. The maximum atomic E-state index is 16.7. The lowest BCUT2D eigenvalue weighted by atomic mass is 9.93. The molecular weight excluding hydrogens is 639 g/mol. The molecule has 1 fully saturated rings. The van der Waals surface area contributed by atoms with Gasteiger partial charge in [-0.15, -0.1) is 5.10 Å². The molecule has 0 atom stereocenters. The minimum absolute atomic E-state index is 0.0442. The smallest absolute Gasteiger partial charge is 0.270 e. The number of aromatic nitrogens is 5. The molecule has 3 aromatic heterocycles. The summed E-state index contributed by atoms with van der Waals surface area (Å²) in [6.45, 7) is 5.80. The van der Waals surface area contributed by atoms with Crippen LogP contribution in [0.4, 0.5) is 10.1 Å². The number of H-pyrrole nitrogens is 1. The Morgan fingerprint density at radius 2 is 1.80 bits per heavy atom. The highest BCUT2D eigenvalue weighted by molar-refractivity contribution is 6.05. The monoisotopic (exact) mass is 678 g/mol. The predicted molar refractivity (Wildman–Crippen MR) is 188 cm³/mol. The number of hydrogen-bond donors (Lipinski definition) is 1. The Morgan fingerprint density at radius 3 is 2.58 bits per heavy atom. The third-order valence-corrected chi connectivity index (χ3v) is 9.32. The highest BCUT2D eigenvalue weighted by atomic mass is 19.1. The Labute approximate surface area is 289 Å². The van der Waals surface area contributed by atoms with Crippen LogP contribution in [0.15, 0.2) is 73.3 Å². The number of rotatable bonds is 10. The van der Waals surface area contributed by atoms with Crippen molar-refractivity contribution >= 4 is 34.0 Å². The summed E-state index contributed by atoms with van der Waals surface area (Å²) >= 11 is 0. The number of para-hydroxylation sites is 2. The standard InChI is InChI=1S/C37H39FN8O4/c1-3-50-32-10-12-39-23-29(32)27-21-26(25-7-6-14-45(24-25)34(47)11-15-46-16-13-40-42-46)35(38)36-28(27)22-30(41-36)37(48)44-19-17-43(18-20-44)31-8-4-5-9-33(31)49-2/h4-5,7-10,12-13,16,21-23,41H,3,6,11,14-15,17-20,24H2,1-2H3. The molecule has 7 rings (SSSR count). The second kappa shape index (κ2) is 14.4. The van der Waals surface area contributed by atoms with E-state index in [0.29, 0.717) is 91.4 Å². The van der Waals surface area contributed by atoms with E-state index in [1.165, 1.54) is 0 Å². The molecule has 258 valence electrons. The first-order valence-electron chi connectivity index (χ1n) is 16.9. The van der Waals surface area contributed by atoms with Gasteiger partial charge in [0, 0.05) is 80.8 Å². The number of pyridine rings is 1. The highest BCUT2D eigenvalue weighted by Gasteiger charge is 2.28. The number of hydrogen-bond acceptors (Lipinski definition) is 8. The summed E-state index contributed by atoms with van der Waals surface area (Å²) in [5.41, 5.74) is 3.92. The van der Waals surface area contributed by atoms with E-state index in [0.717, 1.165) is 11.4 Å². The molecule has 2 aromatic carbocycles. The normalized spacial score (nSPS) is 14.9. The van der Waals surface area contributed by atoms with Gasteiger partial charge in [0.25, 0.3) is 5.91 Å². The van der Waals surface area contributed by atoms with Crippen molar-refractivity contribution in [3.8, 4) is 22.6 Å². The molecular formula is C37H39FN8O4. The van der Waals surface area contributed by atoms with Gasteiger partial charge in [0.2, 0.25) is 5.91 Å². The summed E-state index contributed by atoms with van der Waals surface area (Å²) in [7, 11) is 1.65. The van der Waals surface area contributed by atoms with Gasteiger partial charge in [0.1, 0.15) is 17.2 Å².